The summed E-state index contributed by atoms with van der Waals surface area (Å²) in [4.78, 5) is 39.9. The molecule has 0 aliphatic carbocycles. The van der Waals surface area contributed by atoms with E-state index in [2.05, 4.69) is 10.6 Å². The Balaban J connectivity index is 1.46. The molecule has 1 fully saturated rings. The average molecular weight is 460 g/mol. The first-order valence-corrected chi connectivity index (χ1v) is 11.5. The fourth-order valence-corrected chi connectivity index (χ4v) is 4.26. The number of benzene rings is 3. The molecule has 4 atom stereocenters. The van der Waals surface area contributed by atoms with E-state index in [0.29, 0.717) is 13.0 Å². The smallest absolute Gasteiger partial charge is 0.325 e. The lowest BCUT2D eigenvalue weighted by molar-refractivity contribution is -0.143. The van der Waals surface area contributed by atoms with Gasteiger partial charge in [-0.1, -0.05) is 72.8 Å². The molecular weight excluding hydrogens is 430 g/mol. The van der Waals surface area contributed by atoms with Crippen LogP contribution in [0, 0.1) is 0 Å². The zero-order chi connectivity index (χ0) is 24.1. The summed E-state index contributed by atoms with van der Waals surface area (Å²) in [6.45, 7) is 2.33. The highest BCUT2D eigenvalue weighted by molar-refractivity contribution is 5.97. The first-order chi connectivity index (χ1) is 16.5. The maximum absolute atomic E-state index is 13.2. The Labute approximate surface area is 199 Å². The van der Waals surface area contributed by atoms with Gasteiger partial charge in [0.15, 0.2) is 0 Å². The van der Waals surface area contributed by atoms with E-state index < -0.39 is 24.1 Å². The van der Waals surface area contributed by atoms with E-state index >= 15 is 0 Å². The van der Waals surface area contributed by atoms with E-state index in [1.54, 1.807) is 18.9 Å². The monoisotopic (exact) mass is 459 g/mol. The summed E-state index contributed by atoms with van der Waals surface area (Å²) < 4.78 is 5.05. The highest BCUT2D eigenvalue weighted by Gasteiger charge is 2.55. The number of carbonyl (C=O) groups excluding carboxylic acids is 3. The number of nitrogens with one attached hydrogen (secondary N) is 2. The van der Waals surface area contributed by atoms with Gasteiger partial charge in [0.1, 0.15) is 18.1 Å². The van der Waals surface area contributed by atoms with Gasteiger partial charge in [0.25, 0.3) is 0 Å². The summed E-state index contributed by atoms with van der Waals surface area (Å²) in [6, 6.07) is 21.5. The predicted octanol–water partition coefficient (Wildman–Crippen LogP) is 2.43. The standard InChI is InChI=1S/C27H29N3O4/c1-3-34-27(33)24-23(30(24)2)26(32)29-22(16-18-10-5-4-6-11-18)25(31)28-17-20-14-9-13-19-12-7-8-15-21(19)20/h4-15,22-24H,3,16-17H2,1-2H3,(H,28,31)(H,29,32)/t22-,23-,24-,30?/m0/s1. The van der Waals surface area contributed by atoms with E-state index in [1.165, 1.54) is 0 Å². The fraction of sp³-hybridized carbons (Fsp3) is 0.296. The number of nitrogens with zero attached hydrogens (tertiary/aromatic N) is 1. The van der Waals surface area contributed by atoms with Crippen LogP contribution in [0.2, 0.25) is 0 Å². The van der Waals surface area contributed by atoms with Crippen molar-refractivity contribution < 1.29 is 19.1 Å². The third-order valence-corrected chi connectivity index (χ3v) is 6.13. The molecule has 0 radical (unpaired) electrons. The lowest BCUT2D eigenvalue weighted by Crippen LogP contribution is -2.49. The van der Waals surface area contributed by atoms with E-state index in [4.69, 9.17) is 4.74 Å². The highest BCUT2D eigenvalue weighted by Crippen LogP contribution is 2.27. The molecule has 34 heavy (non-hydrogen) atoms. The molecule has 1 saturated heterocycles. The quantitative estimate of drug-likeness (QED) is 0.379. The first-order valence-electron chi connectivity index (χ1n) is 11.5. The number of likely N-dealkylation sites (N-methyl/N-ethyl adjacent to an activating group) is 1. The minimum atomic E-state index is -0.776. The number of esters is 1. The van der Waals surface area contributed by atoms with Gasteiger partial charge in [0.2, 0.25) is 11.8 Å². The molecule has 3 aromatic carbocycles. The number of carbonyl (C=O) groups is 3. The molecule has 0 saturated carbocycles. The second kappa shape index (κ2) is 10.5. The molecule has 176 valence electrons. The van der Waals surface area contributed by atoms with Crippen molar-refractivity contribution in [3.05, 3.63) is 83.9 Å². The minimum Gasteiger partial charge on any atom is -0.465 e. The topological polar surface area (TPSA) is 87.5 Å². The molecule has 7 heteroatoms. The Morgan fingerprint density at radius 3 is 2.41 bits per heavy atom. The van der Waals surface area contributed by atoms with Gasteiger partial charge in [-0.2, -0.15) is 0 Å². The second-order valence-corrected chi connectivity index (χ2v) is 8.41. The summed E-state index contributed by atoms with van der Waals surface area (Å²) in [6.07, 6.45) is 0.342. The summed E-state index contributed by atoms with van der Waals surface area (Å²) >= 11 is 0. The van der Waals surface area contributed by atoms with E-state index in [9.17, 15) is 14.4 Å². The Morgan fingerprint density at radius 1 is 0.941 bits per heavy atom. The Hall–Kier alpha value is -3.71. The zero-order valence-electron chi connectivity index (χ0n) is 19.4. The molecule has 1 aliphatic rings. The number of hydrogen-bond donors (Lipinski definition) is 2. The van der Waals surface area contributed by atoms with Crippen LogP contribution in [-0.2, 0) is 32.1 Å². The van der Waals surface area contributed by atoms with Crippen LogP contribution in [0.25, 0.3) is 10.8 Å². The molecule has 4 rings (SSSR count). The molecule has 1 unspecified atom stereocenters. The van der Waals surface area contributed by atoms with Gasteiger partial charge in [0.05, 0.1) is 6.61 Å². The van der Waals surface area contributed by atoms with Crippen LogP contribution in [0.4, 0.5) is 0 Å². The van der Waals surface area contributed by atoms with Crippen LogP contribution in [0.1, 0.15) is 18.1 Å². The van der Waals surface area contributed by atoms with Gasteiger partial charge in [0, 0.05) is 13.0 Å². The molecule has 0 bridgehead atoms. The summed E-state index contributed by atoms with van der Waals surface area (Å²) in [5, 5.41) is 8.02. The van der Waals surface area contributed by atoms with Gasteiger partial charge in [-0.3, -0.25) is 19.3 Å². The van der Waals surface area contributed by atoms with Crippen molar-refractivity contribution in [3.63, 3.8) is 0 Å². The summed E-state index contributed by atoms with van der Waals surface area (Å²) in [5.41, 5.74) is 1.93. The van der Waals surface area contributed by atoms with Gasteiger partial charge in [-0.15, -0.1) is 0 Å². The van der Waals surface area contributed by atoms with Crippen molar-refractivity contribution >= 4 is 28.6 Å². The van der Waals surface area contributed by atoms with Crippen molar-refractivity contribution in [2.75, 3.05) is 13.7 Å². The van der Waals surface area contributed by atoms with E-state index in [0.717, 1.165) is 21.9 Å². The van der Waals surface area contributed by atoms with Crippen LogP contribution in [0.15, 0.2) is 72.8 Å². The number of ether oxygens (including phenoxy) is 1. The van der Waals surface area contributed by atoms with Crippen LogP contribution >= 0.6 is 0 Å². The molecule has 3 aromatic rings. The van der Waals surface area contributed by atoms with Crippen molar-refractivity contribution in [2.45, 2.75) is 38.0 Å². The number of hydrogen-bond acceptors (Lipinski definition) is 5. The zero-order valence-corrected chi connectivity index (χ0v) is 19.4. The van der Waals surface area contributed by atoms with Crippen molar-refractivity contribution in [1.82, 2.24) is 15.5 Å². The minimum absolute atomic E-state index is 0.255. The molecule has 0 spiro atoms. The fourth-order valence-electron chi connectivity index (χ4n) is 4.26. The summed E-state index contributed by atoms with van der Waals surface area (Å²) in [5.74, 6) is -1.06. The third-order valence-electron chi connectivity index (χ3n) is 6.13. The number of fused-ring (bicyclic) bond motifs is 1. The molecule has 1 aliphatic heterocycles. The van der Waals surface area contributed by atoms with Crippen LogP contribution in [-0.4, -0.2) is 54.5 Å². The van der Waals surface area contributed by atoms with Gasteiger partial charge in [-0.05, 0) is 35.9 Å². The molecule has 7 nitrogen and oxygen atoms in total. The van der Waals surface area contributed by atoms with Gasteiger partial charge in [-0.25, -0.2) is 0 Å². The SMILES string of the molecule is CCOC(=O)[C@@H]1[C@@H](C(=O)N[C@@H](Cc2ccccc2)C(=O)NCc2cccc3ccccc23)N1C. The lowest BCUT2D eigenvalue weighted by Gasteiger charge is -2.19. The predicted molar refractivity (Wildman–Crippen MR) is 130 cm³/mol. The molecule has 2 amide bonds. The maximum Gasteiger partial charge on any atom is 0.325 e. The van der Waals surface area contributed by atoms with Crippen LogP contribution < -0.4 is 10.6 Å². The van der Waals surface area contributed by atoms with Crippen molar-refractivity contribution in [3.8, 4) is 0 Å². The molecule has 2 N–H and O–H groups in total. The Bertz CT molecular complexity index is 1180. The summed E-state index contributed by atoms with van der Waals surface area (Å²) in [7, 11) is 1.69. The van der Waals surface area contributed by atoms with Crippen molar-refractivity contribution in [1.29, 1.82) is 0 Å². The molecular formula is C27H29N3O4. The second-order valence-electron chi connectivity index (χ2n) is 8.41. The van der Waals surface area contributed by atoms with Crippen molar-refractivity contribution in [2.24, 2.45) is 0 Å². The Kier molecular flexibility index (Phi) is 7.23. The van der Waals surface area contributed by atoms with Gasteiger partial charge < -0.3 is 15.4 Å². The largest absolute Gasteiger partial charge is 0.465 e. The lowest BCUT2D eigenvalue weighted by atomic mass is 10.0. The van der Waals surface area contributed by atoms with E-state index in [-0.39, 0.29) is 18.4 Å². The van der Waals surface area contributed by atoms with Gasteiger partial charge >= 0.3 is 5.97 Å². The molecule has 0 aromatic heterocycles. The average Bonchev–Trinajstić information content (AvgIpc) is 3.54. The maximum atomic E-state index is 13.2. The Morgan fingerprint density at radius 2 is 1.65 bits per heavy atom. The number of amides is 2. The third kappa shape index (κ3) is 5.26. The highest BCUT2D eigenvalue weighted by atomic mass is 16.5. The van der Waals surface area contributed by atoms with Crippen LogP contribution in [0.5, 0.6) is 0 Å². The van der Waals surface area contributed by atoms with E-state index in [1.807, 2.05) is 72.8 Å². The van der Waals surface area contributed by atoms with Crippen LogP contribution in [0.3, 0.4) is 0 Å². The first kappa shape index (κ1) is 23.4. The normalized spacial score (nSPS) is 19.8. The number of rotatable bonds is 9. The molecule has 1 heterocycles.